The molecule has 0 atom stereocenters. The fourth-order valence-corrected chi connectivity index (χ4v) is 5.14. The normalized spacial score (nSPS) is 12.7. The van der Waals surface area contributed by atoms with Gasteiger partial charge in [-0.3, -0.25) is 14.8 Å². The zero-order chi connectivity index (χ0) is 32.6. The van der Waals surface area contributed by atoms with Gasteiger partial charge in [0.25, 0.3) is 0 Å². The summed E-state index contributed by atoms with van der Waals surface area (Å²) in [5.41, 5.74) is 3.94. The molecule has 0 bridgehead atoms. The van der Waals surface area contributed by atoms with Crippen molar-refractivity contribution < 1.29 is 29.7 Å². The molecule has 1 saturated heterocycles. The van der Waals surface area contributed by atoms with Crippen molar-refractivity contribution in [3.63, 3.8) is 0 Å². The third-order valence-electron chi connectivity index (χ3n) is 7.82. The Morgan fingerprint density at radius 2 is 1.04 bits per heavy atom. The maximum atomic E-state index is 11.0. The number of aryl methyl sites for hydroxylation is 5. The topological polar surface area (TPSA) is 138 Å². The van der Waals surface area contributed by atoms with Crippen molar-refractivity contribution >= 4 is 11.7 Å². The van der Waals surface area contributed by atoms with Crippen LogP contribution in [0.3, 0.4) is 0 Å². The van der Waals surface area contributed by atoms with Gasteiger partial charge >= 0.3 is 5.97 Å². The number of hydrogen-bond donors (Lipinski definition) is 1. The van der Waals surface area contributed by atoms with Crippen LogP contribution in [0.15, 0.2) is 86.2 Å². The SMILES string of the molecule is Cc1ccnc(-c2cc(N3CCC(C(=O)O)CC3)ccn2)c1.Cn1ccnc1-c1nccn1C.Cn1ccnc1-c1nccn1C.[Os]. The summed E-state index contributed by atoms with van der Waals surface area (Å²) < 4.78 is 7.79. The molecule has 7 heterocycles. The maximum Gasteiger partial charge on any atom is 0.306 e. The minimum absolute atomic E-state index is 0. The number of piperidine rings is 1. The Morgan fingerprint density at radius 3 is 1.40 bits per heavy atom. The fraction of sp³-hybridized carbons (Fsp3) is 0.303. The van der Waals surface area contributed by atoms with E-state index < -0.39 is 5.97 Å². The van der Waals surface area contributed by atoms with Crippen molar-refractivity contribution in [2.45, 2.75) is 19.8 Å². The second-order valence-electron chi connectivity index (χ2n) is 11.2. The molecule has 0 spiro atoms. The molecule has 1 fully saturated rings. The van der Waals surface area contributed by atoms with Gasteiger partial charge in [0, 0.05) is 129 Å². The number of hydrogen-bond acceptors (Lipinski definition) is 8. The van der Waals surface area contributed by atoms with Crippen molar-refractivity contribution in [2.24, 2.45) is 34.1 Å². The molecule has 1 aliphatic rings. The van der Waals surface area contributed by atoms with E-state index in [1.54, 1.807) is 37.2 Å². The first-order valence-corrected chi connectivity index (χ1v) is 15.0. The van der Waals surface area contributed by atoms with E-state index in [0.29, 0.717) is 12.8 Å². The van der Waals surface area contributed by atoms with Crippen LogP contribution in [-0.4, -0.2) is 72.3 Å². The van der Waals surface area contributed by atoms with Gasteiger partial charge in [-0.25, -0.2) is 19.9 Å². The van der Waals surface area contributed by atoms with Gasteiger partial charge in [0.2, 0.25) is 0 Å². The molecule has 246 valence electrons. The second kappa shape index (κ2) is 16.0. The van der Waals surface area contributed by atoms with Crippen molar-refractivity contribution in [1.29, 1.82) is 0 Å². The quantitative estimate of drug-likeness (QED) is 0.269. The minimum atomic E-state index is -0.681. The van der Waals surface area contributed by atoms with Crippen molar-refractivity contribution in [1.82, 2.24) is 48.2 Å². The number of pyridine rings is 2. The number of aliphatic carboxylic acids is 1. The smallest absolute Gasteiger partial charge is 0.306 e. The van der Waals surface area contributed by atoms with Crippen LogP contribution in [0.4, 0.5) is 5.69 Å². The van der Waals surface area contributed by atoms with Crippen LogP contribution < -0.4 is 4.90 Å². The molecule has 1 aliphatic heterocycles. The molecule has 0 amide bonds. The number of nitrogens with zero attached hydrogens (tertiary/aromatic N) is 11. The molecule has 14 heteroatoms. The van der Waals surface area contributed by atoms with E-state index in [0.717, 1.165) is 59.0 Å². The number of carboxylic acids is 1. The third kappa shape index (κ3) is 8.65. The number of anilines is 1. The first-order chi connectivity index (χ1) is 22.2. The molecule has 0 aliphatic carbocycles. The molecule has 7 rings (SSSR count). The monoisotopic (exact) mass is 813 g/mol. The summed E-state index contributed by atoms with van der Waals surface area (Å²) in [5.74, 6) is 2.67. The van der Waals surface area contributed by atoms with E-state index in [4.69, 9.17) is 5.11 Å². The van der Waals surface area contributed by atoms with Crippen LogP contribution in [0, 0.1) is 12.8 Å². The molecular formula is C33H39N11O2Os. The summed E-state index contributed by atoms with van der Waals surface area (Å²) in [4.78, 5) is 38.8. The maximum absolute atomic E-state index is 11.0. The first kappa shape index (κ1) is 34.9. The average molecular weight is 812 g/mol. The summed E-state index contributed by atoms with van der Waals surface area (Å²) in [6.45, 7) is 3.56. The van der Waals surface area contributed by atoms with Crippen LogP contribution in [0.2, 0.25) is 0 Å². The minimum Gasteiger partial charge on any atom is -0.481 e. The third-order valence-corrected chi connectivity index (χ3v) is 7.82. The summed E-state index contributed by atoms with van der Waals surface area (Å²) >= 11 is 0. The van der Waals surface area contributed by atoms with Gasteiger partial charge in [0.1, 0.15) is 0 Å². The van der Waals surface area contributed by atoms with E-state index in [1.165, 1.54) is 0 Å². The number of rotatable bonds is 5. The van der Waals surface area contributed by atoms with Gasteiger partial charge in [0.05, 0.1) is 17.3 Å². The van der Waals surface area contributed by atoms with Crippen molar-refractivity contribution in [3.05, 3.63) is 91.8 Å². The number of aromatic nitrogens is 10. The Morgan fingerprint density at radius 1 is 0.638 bits per heavy atom. The van der Waals surface area contributed by atoms with Crippen LogP contribution in [-0.2, 0) is 52.8 Å². The Labute approximate surface area is 287 Å². The Bertz CT molecular complexity index is 1730. The fourth-order valence-electron chi connectivity index (χ4n) is 5.14. The van der Waals surface area contributed by atoms with Gasteiger partial charge in [-0.05, 0) is 49.6 Å². The van der Waals surface area contributed by atoms with E-state index in [-0.39, 0.29) is 25.7 Å². The van der Waals surface area contributed by atoms with Crippen LogP contribution >= 0.6 is 0 Å². The summed E-state index contributed by atoms with van der Waals surface area (Å²) in [6.07, 6.45) is 19.7. The largest absolute Gasteiger partial charge is 0.481 e. The van der Waals surface area contributed by atoms with Crippen molar-refractivity contribution in [2.75, 3.05) is 18.0 Å². The van der Waals surface area contributed by atoms with Gasteiger partial charge in [-0.2, -0.15) is 0 Å². The molecule has 0 aromatic carbocycles. The molecular weight excluding hydrogens is 773 g/mol. The van der Waals surface area contributed by atoms with Crippen LogP contribution in [0.1, 0.15) is 18.4 Å². The molecule has 6 aromatic rings. The predicted molar refractivity (Wildman–Crippen MR) is 176 cm³/mol. The van der Waals surface area contributed by atoms with Gasteiger partial charge in [0.15, 0.2) is 23.3 Å². The zero-order valence-electron chi connectivity index (χ0n) is 27.1. The van der Waals surface area contributed by atoms with E-state index in [1.807, 2.05) is 102 Å². The number of carboxylic acid groups (broad SMARTS) is 1. The summed E-state index contributed by atoms with van der Waals surface area (Å²) in [7, 11) is 7.82. The van der Waals surface area contributed by atoms with E-state index >= 15 is 0 Å². The molecule has 1 N–H and O–H groups in total. The van der Waals surface area contributed by atoms with E-state index in [9.17, 15) is 4.79 Å². The molecule has 0 radical (unpaired) electrons. The van der Waals surface area contributed by atoms with Gasteiger partial charge in [-0.15, -0.1) is 0 Å². The van der Waals surface area contributed by atoms with Crippen molar-refractivity contribution in [3.8, 4) is 34.7 Å². The summed E-state index contributed by atoms with van der Waals surface area (Å²) in [5, 5.41) is 9.08. The molecule has 6 aromatic heterocycles. The van der Waals surface area contributed by atoms with Crippen LogP contribution in [0.5, 0.6) is 0 Å². The Balaban J connectivity index is 0.000000170. The molecule has 0 unspecified atom stereocenters. The first-order valence-electron chi connectivity index (χ1n) is 15.0. The molecule has 0 saturated carbocycles. The Kier molecular flexibility index (Phi) is 11.9. The van der Waals surface area contributed by atoms with E-state index in [2.05, 4.69) is 34.8 Å². The Hall–Kier alpha value is -4.95. The number of carbonyl (C=O) groups is 1. The van der Waals surface area contributed by atoms with Gasteiger partial charge < -0.3 is 28.3 Å². The number of imidazole rings is 4. The zero-order valence-corrected chi connectivity index (χ0v) is 29.7. The standard InChI is InChI=1S/C17H19N3O2.2C8H10N4.Os/c1-12-2-6-18-15(10-12)16-11-14(3-7-19-16)20-8-4-13(5-9-20)17(21)22;2*1-11-5-3-9-7(11)8-10-4-6-12(8)2;/h2-3,6-7,10-11,13H,4-5,8-9H2,1H3,(H,21,22);2*3-6H,1-2H3;. The average Bonchev–Trinajstić information content (AvgIpc) is 3.87. The predicted octanol–water partition coefficient (Wildman–Crippen LogP) is 4.39. The van der Waals surface area contributed by atoms with Gasteiger partial charge in [-0.1, -0.05) is 0 Å². The second-order valence-corrected chi connectivity index (χ2v) is 11.2. The summed E-state index contributed by atoms with van der Waals surface area (Å²) in [6, 6.07) is 7.98. The molecule has 47 heavy (non-hydrogen) atoms. The van der Waals surface area contributed by atoms with Crippen LogP contribution in [0.25, 0.3) is 34.7 Å². The molecule has 13 nitrogen and oxygen atoms in total.